The summed E-state index contributed by atoms with van der Waals surface area (Å²) >= 11 is 0. The first kappa shape index (κ1) is 14.8. The fraction of sp³-hybridized carbons (Fsp3) is 0.125. The molecule has 2 aromatic rings. The van der Waals surface area contributed by atoms with E-state index in [4.69, 9.17) is 14.9 Å². The lowest BCUT2D eigenvalue weighted by atomic mass is 9.87. The summed E-state index contributed by atoms with van der Waals surface area (Å²) in [7, 11) is 0. The van der Waals surface area contributed by atoms with Gasteiger partial charge in [-0.05, 0) is 17.7 Å². The monoisotopic (exact) mass is 314 g/mol. The van der Waals surface area contributed by atoms with Gasteiger partial charge in [-0.25, -0.2) is 4.39 Å². The number of nitrogens with two attached hydrogens (primary N) is 1. The van der Waals surface area contributed by atoms with Gasteiger partial charge in [0.1, 0.15) is 29.8 Å². The molecule has 0 bridgehead atoms. The molecule has 0 amide bonds. The molecular formula is C16H11FN2O4. The van der Waals surface area contributed by atoms with Gasteiger partial charge in [0.05, 0.1) is 5.92 Å². The van der Waals surface area contributed by atoms with Gasteiger partial charge < -0.3 is 20.0 Å². The maximum atomic E-state index is 13.2. The first-order valence-electron chi connectivity index (χ1n) is 6.66. The minimum absolute atomic E-state index is 0.0298. The van der Waals surface area contributed by atoms with Crippen LogP contribution >= 0.6 is 0 Å². The van der Waals surface area contributed by atoms with Crippen molar-refractivity contribution in [2.75, 3.05) is 0 Å². The highest BCUT2D eigenvalue weighted by Crippen LogP contribution is 2.40. The highest BCUT2D eigenvalue weighted by molar-refractivity contribution is 5.51. The number of halogens is 1. The van der Waals surface area contributed by atoms with Crippen molar-refractivity contribution in [3.05, 3.63) is 74.9 Å². The number of hydrogen-bond donors (Lipinski definition) is 2. The van der Waals surface area contributed by atoms with E-state index >= 15 is 0 Å². The van der Waals surface area contributed by atoms with E-state index in [9.17, 15) is 19.6 Å². The number of rotatable bonds is 2. The molecule has 7 heteroatoms. The summed E-state index contributed by atoms with van der Waals surface area (Å²) in [6, 6.07) is 8.39. The Balaban J connectivity index is 2.28. The second-order valence-corrected chi connectivity index (χ2v) is 4.90. The molecule has 3 rings (SSSR count). The predicted molar refractivity (Wildman–Crippen MR) is 76.6 cm³/mol. The number of nitrogens with zero attached hydrogens (tertiary/aromatic N) is 1. The lowest BCUT2D eigenvalue weighted by molar-refractivity contribution is 0.231. The van der Waals surface area contributed by atoms with E-state index in [0.29, 0.717) is 5.56 Å². The summed E-state index contributed by atoms with van der Waals surface area (Å²) in [4.78, 5) is 12.1. The van der Waals surface area contributed by atoms with E-state index in [1.807, 2.05) is 6.07 Å². The SMILES string of the molecule is N#CC1=C(N)Oc2c(oc(CO)cc2=O)C1c1ccc(F)cc1. The lowest BCUT2D eigenvalue weighted by Gasteiger charge is -2.24. The van der Waals surface area contributed by atoms with Crippen LogP contribution in [0.1, 0.15) is 23.0 Å². The summed E-state index contributed by atoms with van der Waals surface area (Å²) in [6.07, 6.45) is 0. The molecule has 116 valence electrons. The molecule has 1 atom stereocenters. The molecule has 6 nitrogen and oxygen atoms in total. The van der Waals surface area contributed by atoms with Crippen LogP contribution < -0.4 is 15.9 Å². The number of ether oxygens (including phenoxy) is 1. The summed E-state index contributed by atoms with van der Waals surface area (Å²) in [5.41, 5.74) is 5.76. The molecule has 1 unspecified atom stereocenters. The van der Waals surface area contributed by atoms with Crippen molar-refractivity contribution >= 4 is 0 Å². The van der Waals surface area contributed by atoms with Crippen LogP contribution in [0, 0.1) is 17.1 Å². The number of benzene rings is 1. The van der Waals surface area contributed by atoms with E-state index in [1.165, 1.54) is 24.3 Å². The van der Waals surface area contributed by atoms with Crippen molar-refractivity contribution in [3.63, 3.8) is 0 Å². The van der Waals surface area contributed by atoms with Gasteiger partial charge in [-0.2, -0.15) is 5.26 Å². The summed E-state index contributed by atoms with van der Waals surface area (Å²) < 4.78 is 23.9. The van der Waals surface area contributed by atoms with E-state index in [2.05, 4.69) is 0 Å². The van der Waals surface area contributed by atoms with Crippen LogP contribution in [-0.4, -0.2) is 5.11 Å². The highest BCUT2D eigenvalue weighted by Gasteiger charge is 2.35. The van der Waals surface area contributed by atoms with Crippen molar-refractivity contribution in [2.45, 2.75) is 12.5 Å². The van der Waals surface area contributed by atoms with Crippen molar-refractivity contribution in [1.29, 1.82) is 5.26 Å². The largest absolute Gasteiger partial charge is 0.458 e. The van der Waals surface area contributed by atoms with E-state index in [-0.39, 0.29) is 28.7 Å². The van der Waals surface area contributed by atoms with Gasteiger partial charge in [-0.3, -0.25) is 4.79 Å². The van der Waals surface area contributed by atoms with E-state index < -0.39 is 23.8 Å². The normalized spacial score (nSPS) is 16.5. The zero-order valence-electron chi connectivity index (χ0n) is 11.7. The fourth-order valence-corrected chi connectivity index (χ4v) is 2.45. The minimum Gasteiger partial charge on any atom is -0.458 e. The summed E-state index contributed by atoms with van der Waals surface area (Å²) in [5, 5.41) is 18.6. The molecule has 2 heterocycles. The molecule has 0 aliphatic carbocycles. The molecule has 1 aliphatic rings. The van der Waals surface area contributed by atoms with Gasteiger partial charge in [0.25, 0.3) is 0 Å². The maximum Gasteiger partial charge on any atom is 0.228 e. The first-order chi connectivity index (χ1) is 11.0. The minimum atomic E-state index is -0.816. The molecule has 0 radical (unpaired) electrons. The Bertz CT molecular complexity index is 894. The van der Waals surface area contributed by atoms with Crippen molar-refractivity contribution in [1.82, 2.24) is 0 Å². The molecule has 1 aliphatic heterocycles. The Labute approximate surface area is 129 Å². The van der Waals surface area contributed by atoms with Crippen molar-refractivity contribution < 1.29 is 18.7 Å². The van der Waals surface area contributed by atoms with Crippen LogP contribution in [0.25, 0.3) is 0 Å². The lowest BCUT2D eigenvalue weighted by Crippen LogP contribution is -2.25. The number of nitriles is 1. The first-order valence-corrected chi connectivity index (χ1v) is 6.66. The summed E-state index contributed by atoms with van der Waals surface area (Å²) in [6.45, 7) is -0.486. The van der Waals surface area contributed by atoms with Crippen molar-refractivity contribution in [2.24, 2.45) is 5.73 Å². The second-order valence-electron chi connectivity index (χ2n) is 4.90. The maximum absolute atomic E-state index is 13.2. The van der Waals surface area contributed by atoms with Crippen LogP contribution in [0.4, 0.5) is 4.39 Å². The Morgan fingerprint density at radius 1 is 1.35 bits per heavy atom. The number of allylic oxidation sites excluding steroid dienone is 1. The van der Waals surface area contributed by atoms with Crippen LogP contribution in [0.2, 0.25) is 0 Å². The molecule has 3 N–H and O–H groups in total. The van der Waals surface area contributed by atoms with Crippen LogP contribution in [0.15, 0.2) is 51.0 Å². The molecule has 0 saturated heterocycles. The number of aliphatic hydroxyl groups is 1. The van der Waals surface area contributed by atoms with E-state index in [0.717, 1.165) is 6.07 Å². The van der Waals surface area contributed by atoms with E-state index in [1.54, 1.807) is 0 Å². The van der Waals surface area contributed by atoms with Gasteiger partial charge in [0, 0.05) is 6.07 Å². The smallest absolute Gasteiger partial charge is 0.228 e. The average Bonchev–Trinajstić information content (AvgIpc) is 2.55. The van der Waals surface area contributed by atoms with Gasteiger partial charge in [0.2, 0.25) is 17.1 Å². The zero-order chi connectivity index (χ0) is 16.6. The van der Waals surface area contributed by atoms with Crippen LogP contribution in [0.5, 0.6) is 5.75 Å². The average molecular weight is 314 g/mol. The van der Waals surface area contributed by atoms with Crippen LogP contribution in [-0.2, 0) is 6.61 Å². The highest BCUT2D eigenvalue weighted by atomic mass is 19.1. The van der Waals surface area contributed by atoms with Crippen LogP contribution in [0.3, 0.4) is 0 Å². The van der Waals surface area contributed by atoms with Crippen molar-refractivity contribution in [3.8, 4) is 11.8 Å². The third kappa shape index (κ3) is 2.45. The Kier molecular flexibility index (Phi) is 3.60. The molecular weight excluding hydrogens is 303 g/mol. The zero-order valence-corrected chi connectivity index (χ0v) is 11.7. The number of aliphatic hydroxyl groups excluding tert-OH is 1. The van der Waals surface area contributed by atoms with Gasteiger partial charge in [-0.15, -0.1) is 0 Å². The second kappa shape index (κ2) is 5.59. The van der Waals surface area contributed by atoms with Gasteiger partial charge in [0.15, 0.2) is 5.76 Å². The molecule has 0 spiro atoms. The standard InChI is InChI=1S/C16H11FN2O4/c17-9-3-1-8(2-4-9)13-11(6-18)16(19)23-14-12(21)5-10(7-20)22-15(13)14/h1-5,13,20H,7,19H2. The molecule has 0 saturated carbocycles. The summed E-state index contributed by atoms with van der Waals surface area (Å²) in [5.74, 6) is -1.53. The predicted octanol–water partition coefficient (Wildman–Crippen LogP) is 1.49. The van der Waals surface area contributed by atoms with Gasteiger partial charge >= 0.3 is 0 Å². The molecule has 23 heavy (non-hydrogen) atoms. The third-order valence-electron chi connectivity index (χ3n) is 3.49. The number of fused-ring (bicyclic) bond motifs is 1. The Morgan fingerprint density at radius 2 is 2.04 bits per heavy atom. The number of hydrogen-bond acceptors (Lipinski definition) is 6. The van der Waals surface area contributed by atoms with Gasteiger partial charge in [-0.1, -0.05) is 12.1 Å². The Hall–Kier alpha value is -3.11. The fourth-order valence-electron chi connectivity index (χ4n) is 2.45. The topological polar surface area (TPSA) is 109 Å². The molecule has 1 aromatic heterocycles. The Morgan fingerprint density at radius 3 is 2.65 bits per heavy atom. The molecule has 1 aromatic carbocycles. The molecule has 0 fully saturated rings. The quantitative estimate of drug-likeness (QED) is 0.869. The third-order valence-corrected chi connectivity index (χ3v) is 3.49.